The van der Waals surface area contributed by atoms with E-state index >= 15 is 0 Å². The second-order valence-corrected chi connectivity index (χ2v) is 4.87. The normalized spacial score (nSPS) is 12.7. The van der Waals surface area contributed by atoms with Crippen LogP contribution in [0.1, 0.15) is 20.3 Å². The van der Waals surface area contributed by atoms with Crippen molar-refractivity contribution in [2.45, 2.75) is 31.2 Å². The highest BCUT2D eigenvalue weighted by Crippen LogP contribution is 2.27. The molecule has 3 heteroatoms. The lowest BCUT2D eigenvalue weighted by Gasteiger charge is -2.15. The maximum absolute atomic E-state index is 6.09. The minimum absolute atomic E-state index is 0.580. The molecule has 1 N–H and O–H groups in total. The molecule has 1 rings (SSSR count). The zero-order valence-corrected chi connectivity index (χ0v) is 10.9. The van der Waals surface area contributed by atoms with E-state index in [0.29, 0.717) is 6.04 Å². The van der Waals surface area contributed by atoms with E-state index in [1.54, 1.807) is 0 Å². The topological polar surface area (TPSA) is 12.0 Å². The third-order valence-corrected chi connectivity index (χ3v) is 3.94. The molecule has 0 heterocycles. The average Bonchev–Trinajstić information content (AvgIpc) is 2.26. The molecule has 0 bridgehead atoms. The molecule has 0 aliphatic rings. The summed E-state index contributed by atoms with van der Waals surface area (Å²) in [6.07, 6.45) is 1.16. The Morgan fingerprint density at radius 1 is 1.33 bits per heavy atom. The number of nitrogens with one attached hydrogen (secondary N) is 1. The van der Waals surface area contributed by atoms with Gasteiger partial charge in [-0.15, -0.1) is 11.8 Å². The van der Waals surface area contributed by atoms with Crippen LogP contribution in [0.15, 0.2) is 29.2 Å². The van der Waals surface area contributed by atoms with Crippen molar-refractivity contribution >= 4 is 23.4 Å². The molecule has 84 valence electrons. The number of benzene rings is 1. The van der Waals surface area contributed by atoms with Crippen molar-refractivity contribution in [1.82, 2.24) is 5.32 Å². The van der Waals surface area contributed by atoms with Crippen LogP contribution in [0.4, 0.5) is 0 Å². The number of rotatable bonds is 6. The molecule has 1 atom stereocenters. The molecule has 0 spiro atoms. The zero-order valence-electron chi connectivity index (χ0n) is 9.29. The average molecular weight is 244 g/mol. The monoisotopic (exact) mass is 243 g/mol. The number of hydrogen-bond donors (Lipinski definition) is 1. The second kappa shape index (κ2) is 7.15. The molecule has 0 amide bonds. The minimum Gasteiger partial charge on any atom is -0.313 e. The van der Waals surface area contributed by atoms with Gasteiger partial charge in [0.05, 0.1) is 5.02 Å². The first-order valence-electron chi connectivity index (χ1n) is 5.38. The first-order chi connectivity index (χ1) is 7.27. The lowest BCUT2D eigenvalue weighted by atomic mass is 10.2. The van der Waals surface area contributed by atoms with Crippen LogP contribution >= 0.6 is 23.4 Å². The van der Waals surface area contributed by atoms with Crippen LogP contribution in [-0.4, -0.2) is 18.3 Å². The number of thioether (sulfide) groups is 1. The van der Waals surface area contributed by atoms with Crippen molar-refractivity contribution in [3.63, 3.8) is 0 Å². The summed E-state index contributed by atoms with van der Waals surface area (Å²) in [7, 11) is 0. The second-order valence-electron chi connectivity index (χ2n) is 3.40. The van der Waals surface area contributed by atoms with E-state index in [9.17, 15) is 0 Å². The van der Waals surface area contributed by atoms with Crippen LogP contribution in [0.5, 0.6) is 0 Å². The minimum atomic E-state index is 0.580. The quantitative estimate of drug-likeness (QED) is 0.763. The van der Waals surface area contributed by atoms with Crippen molar-refractivity contribution < 1.29 is 0 Å². The van der Waals surface area contributed by atoms with Crippen molar-refractivity contribution in [2.24, 2.45) is 0 Å². The Morgan fingerprint density at radius 3 is 2.67 bits per heavy atom. The molecular formula is C12H18ClNS. The summed E-state index contributed by atoms with van der Waals surface area (Å²) >= 11 is 7.91. The van der Waals surface area contributed by atoms with Crippen molar-refractivity contribution in [1.29, 1.82) is 0 Å². The largest absolute Gasteiger partial charge is 0.313 e. The van der Waals surface area contributed by atoms with E-state index in [1.807, 2.05) is 30.0 Å². The molecule has 1 aromatic rings. The summed E-state index contributed by atoms with van der Waals surface area (Å²) in [6.45, 7) is 5.38. The molecule has 1 aromatic carbocycles. The van der Waals surface area contributed by atoms with E-state index in [2.05, 4.69) is 25.2 Å². The highest BCUT2D eigenvalue weighted by Gasteiger charge is 2.06. The summed E-state index contributed by atoms with van der Waals surface area (Å²) in [4.78, 5) is 1.18. The van der Waals surface area contributed by atoms with Crippen LogP contribution in [0.3, 0.4) is 0 Å². The molecule has 0 aliphatic carbocycles. The standard InChI is InChI=1S/C12H18ClNS/c1-3-10(14-4-2)9-15-12-8-6-5-7-11(12)13/h5-8,10,14H,3-4,9H2,1-2H3. The predicted octanol–water partition coefficient (Wildman–Crippen LogP) is 3.82. The van der Waals surface area contributed by atoms with Gasteiger partial charge in [0, 0.05) is 16.7 Å². The lowest BCUT2D eigenvalue weighted by molar-refractivity contribution is 0.560. The SMILES string of the molecule is CCNC(CC)CSc1ccccc1Cl. The van der Waals surface area contributed by atoms with E-state index < -0.39 is 0 Å². The summed E-state index contributed by atoms with van der Waals surface area (Å²) in [5.41, 5.74) is 0. The smallest absolute Gasteiger partial charge is 0.0541 e. The maximum atomic E-state index is 6.09. The van der Waals surface area contributed by atoms with Gasteiger partial charge in [-0.05, 0) is 25.1 Å². The van der Waals surface area contributed by atoms with Crippen LogP contribution in [-0.2, 0) is 0 Å². The zero-order chi connectivity index (χ0) is 11.1. The fraction of sp³-hybridized carbons (Fsp3) is 0.500. The molecule has 1 nitrogen and oxygen atoms in total. The Balaban J connectivity index is 2.45. The van der Waals surface area contributed by atoms with E-state index in [1.165, 1.54) is 4.90 Å². The molecule has 0 fully saturated rings. The Labute approximate surface area is 102 Å². The molecule has 0 aromatic heterocycles. The third-order valence-electron chi connectivity index (χ3n) is 2.26. The third kappa shape index (κ3) is 4.45. The van der Waals surface area contributed by atoms with Gasteiger partial charge in [-0.2, -0.15) is 0 Å². The van der Waals surface area contributed by atoms with Gasteiger partial charge >= 0.3 is 0 Å². The molecule has 0 radical (unpaired) electrons. The summed E-state index contributed by atoms with van der Waals surface area (Å²) < 4.78 is 0. The van der Waals surface area contributed by atoms with E-state index in [0.717, 1.165) is 23.7 Å². The van der Waals surface area contributed by atoms with Crippen LogP contribution < -0.4 is 5.32 Å². The first kappa shape index (κ1) is 12.9. The van der Waals surface area contributed by atoms with Gasteiger partial charge in [0.1, 0.15) is 0 Å². The Kier molecular flexibility index (Phi) is 6.15. The molecule has 0 aliphatic heterocycles. The van der Waals surface area contributed by atoms with Gasteiger partial charge in [0.2, 0.25) is 0 Å². The maximum Gasteiger partial charge on any atom is 0.0541 e. The highest BCUT2D eigenvalue weighted by molar-refractivity contribution is 7.99. The molecular weight excluding hydrogens is 226 g/mol. The van der Waals surface area contributed by atoms with Crippen LogP contribution in [0.2, 0.25) is 5.02 Å². The first-order valence-corrected chi connectivity index (χ1v) is 6.75. The summed E-state index contributed by atoms with van der Waals surface area (Å²) in [5, 5.41) is 4.31. The van der Waals surface area contributed by atoms with Gasteiger partial charge in [0.15, 0.2) is 0 Å². The van der Waals surface area contributed by atoms with Gasteiger partial charge in [-0.1, -0.05) is 37.6 Å². The highest BCUT2D eigenvalue weighted by atomic mass is 35.5. The van der Waals surface area contributed by atoms with E-state index in [4.69, 9.17) is 11.6 Å². The fourth-order valence-corrected chi connectivity index (χ4v) is 2.78. The van der Waals surface area contributed by atoms with Gasteiger partial charge in [-0.3, -0.25) is 0 Å². The summed E-state index contributed by atoms with van der Waals surface area (Å²) in [6, 6.07) is 8.59. The Morgan fingerprint density at radius 2 is 2.07 bits per heavy atom. The van der Waals surface area contributed by atoms with Gasteiger partial charge in [0.25, 0.3) is 0 Å². The number of halogens is 1. The van der Waals surface area contributed by atoms with Crippen molar-refractivity contribution in [3.05, 3.63) is 29.3 Å². The van der Waals surface area contributed by atoms with Crippen molar-refractivity contribution in [3.8, 4) is 0 Å². The van der Waals surface area contributed by atoms with Crippen molar-refractivity contribution in [2.75, 3.05) is 12.3 Å². The molecule has 1 unspecified atom stereocenters. The lowest BCUT2D eigenvalue weighted by Crippen LogP contribution is -2.30. The van der Waals surface area contributed by atoms with Gasteiger partial charge < -0.3 is 5.32 Å². The predicted molar refractivity (Wildman–Crippen MR) is 69.9 cm³/mol. The van der Waals surface area contributed by atoms with Crippen LogP contribution in [0, 0.1) is 0 Å². The van der Waals surface area contributed by atoms with E-state index in [-0.39, 0.29) is 0 Å². The Bertz CT molecular complexity index is 291. The molecule has 0 saturated heterocycles. The summed E-state index contributed by atoms with van der Waals surface area (Å²) in [5.74, 6) is 1.08. The van der Waals surface area contributed by atoms with Crippen LogP contribution in [0.25, 0.3) is 0 Å². The Hall–Kier alpha value is -0.180. The van der Waals surface area contributed by atoms with Gasteiger partial charge in [-0.25, -0.2) is 0 Å². The molecule has 15 heavy (non-hydrogen) atoms. The number of hydrogen-bond acceptors (Lipinski definition) is 2. The fourth-order valence-electron chi connectivity index (χ4n) is 1.36. The molecule has 0 saturated carbocycles.